The number of ether oxygens (including phenoxy) is 2. The molecule has 1 amide bonds. The molecule has 2 saturated heterocycles. The van der Waals surface area contributed by atoms with Crippen molar-refractivity contribution in [3.8, 4) is 11.3 Å². The van der Waals surface area contributed by atoms with E-state index in [1.54, 1.807) is 4.90 Å². The third-order valence-electron chi connectivity index (χ3n) is 5.45. The van der Waals surface area contributed by atoms with Crippen LogP contribution in [0.25, 0.3) is 11.3 Å². The van der Waals surface area contributed by atoms with Gasteiger partial charge in [-0.1, -0.05) is 5.16 Å². The maximum atomic E-state index is 12.7. The second-order valence-electron chi connectivity index (χ2n) is 9.17. The summed E-state index contributed by atoms with van der Waals surface area (Å²) in [5.41, 5.74) is 2.00. The Morgan fingerprint density at radius 2 is 2.00 bits per heavy atom. The van der Waals surface area contributed by atoms with Gasteiger partial charge in [0.25, 0.3) is 0 Å². The zero-order chi connectivity index (χ0) is 22.0. The molecule has 31 heavy (non-hydrogen) atoms. The fourth-order valence-corrected chi connectivity index (χ4v) is 3.99. The molecule has 4 rings (SSSR count). The lowest BCUT2D eigenvalue weighted by Gasteiger charge is -2.34. The lowest BCUT2D eigenvalue weighted by molar-refractivity contribution is 0.0197. The summed E-state index contributed by atoms with van der Waals surface area (Å²) in [4.78, 5) is 26.2. The van der Waals surface area contributed by atoms with Crippen LogP contribution in [0.1, 0.15) is 50.9 Å². The smallest absolute Gasteiger partial charge is 0.410 e. The molecule has 2 aliphatic heterocycles. The van der Waals surface area contributed by atoms with Gasteiger partial charge in [-0.3, -0.25) is 0 Å². The van der Waals surface area contributed by atoms with Gasteiger partial charge < -0.3 is 23.8 Å². The van der Waals surface area contributed by atoms with Gasteiger partial charge in [-0.25, -0.2) is 14.8 Å². The molecule has 2 aromatic heterocycles. The van der Waals surface area contributed by atoms with E-state index in [4.69, 9.17) is 19.0 Å². The van der Waals surface area contributed by atoms with E-state index in [0.717, 1.165) is 42.9 Å². The van der Waals surface area contributed by atoms with E-state index in [2.05, 4.69) is 15.0 Å². The Morgan fingerprint density at radius 1 is 1.23 bits per heavy atom. The van der Waals surface area contributed by atoms with Gasteiger partial charge in [0.05, 0.1) is 30.2 Å². The molecule has 2 fully saturated rings. The minimum absolute atomic E-state index is 0.0597. The second-order valence-corrected chi connectivity index (χ2v) is 9.17. The van der Waals surface area contributed by atoms with Crippen LogP contribution in [0.5, 0.6) is 0 Å². The number of rotatable bonds is 3. The van der Waals surface area contributed by atoms with Crippen LogP contribution < -0.4 is 4.90 Å². The van der Waals surface area contributed by atoms with E-state index in [1.807, 2.05) is 40.0 Å². The number of morpholine rings is 1. The van der Waals surface area contributed by atoms with Gasteiger partial charge >= 0.3 is 6.09 Å². The standard InChI is InChI=1S/C22H31N5O4/c1-15-12-18(31-25-15)17-13-23-20(26-8-10-29-11-9-26)24-19(17)16-6-5-7-27(14-16)21(28)30-22(2,3)4/h12-13,16H,5-11,14H2,1-4H3/t16-/m1/s1. The number of amides is 1. The molecule has 0 unspecified atom stereocenters. The fourth-order valence-electron chi connectivity index (χ4n) is 3.99. The molecule has 0 bridgehead atoms. The molecule has 2 aromatic rings. The molecule has 0 spiro atoms. The van der Waals surface area contributed by atoms with Crippen molar-refractivity contribution in [1.82, 2.24) is 20.0 Å². The number of piperidine rings is 1. The first kappa shape index (κ1) is 21.5. The number of hydrogen-bond acceptors (Lipinski definition) is 8. The Morgan fingerprint density at radius 3 is 2.68 bits per heavy atom. The van der Waals surface area contributed by atoms with E-state index in [0.29, 0.717) is 38.0 Å². The van der Waals surface area contributed by atoms with Crippen LogP contribution in [0, 0.1) is 6.92 Å². The summed E-state index contributed by atoms with van der Waals surface area (Å²) in [5.74, 6) is 1.40. The average molecular weight is 430 g/mol. The van der Waals surface area contributed by atoms with Crippen molar-refractivity contribution < 1.29 is 18.8 Å². The Bertz CT molecular complexity index is 917. The highest BCUT2D eigenvalue weighted by molar-refractivity contribution is 5.69. The lowest BCUT2D eigenvalue weighted by Crippen LogP contribution is -2.42. The summed E-state index contributed by atoms with van der Waals surface area (Å²) in [6, 6.07) is 1.89. The molecular formula is C22H31N5O4. The number of likely N-dealkylation sites (tertiary alicyclic amines) is 1. The van der Waals surface area contributed by atoms with Crippen molar-refractivity contribution in [3.05, 3.63) is 23.7 Å². The van der Waals surface area contributed by atoms with Crippen LogP contribution in [-0.2, 0) is 9.47 Å². The number of aryl methyl sites for hydroxylation is 1. The minimum Gasteiger partial charge on any atom is -0.444 e. The van der Waals surface area contributed by atoms with Crippen molar-refractivity contribution >= 4 is 12.0 Å². The summed E-state index contributed by atoms with van der Waals surface area (Å²) < 4.78 is 16.6. The van der Waals surface area contributed by atoms with Crippen LogP contribution in [0.15, 0.2) is 16.8 Å². The highest BCUT2D eigenvalue weighted by atomic mass is 16.6. The third kappa shape index (κ3) is 5.15. The minimum atomic E-state index is -0.523. The maximum Gasteiger partial charge on any atom is 0.410 e. The number of anilines is 1. The van der Waals surface area contributed by atoms with Gasteiger partial charge in [0.2, 0.25) is 5.95 Å². The van der Waals surface area contributed by atoms with Gasteiger partial charge in [-0.2, -0.15) is 0 Å². The summed E-state index contributed by atoms with van der Waals surface area (Å²) in [5, 5.41) is 4.03. The Balaban J connectivity index is 1.64. The summed E-state index contributed by atoms with van der Waals surface area (Å²) in [6.45, 7) is 11.6. The van der Waals surface area contributed by atoms with Gasteiger partial charge in [0.15, 0.2) is 5.76 Å². The normalized spacial score (nSPS) is 20.1. The van der Waals surface area contributed by atoms with Crippen molar-refractivity contribution in [2.24, 2.45) is 0 Å². The topological polar surface area (TPSA) is 93.8 Å². The van der Waals surface area contributed by atoms with E-state index < -0.39 is 5.60 Å². The number of carbonyl (C=O) groups is 1. The predicted molar refractivity (Wildman–Crippen MR) is 115 cm³/mol. The molecule has 2 aliphatic rings. The molecule has 9 heteroatoms. The molecule has 0 N–H and O–H groups in total. The Labute approximate surface area is 182 Å². The van der Waals surface area contributed by atoms with Gasteiger partial charge in [0.1, 0.15) is 5.60 Å². The van der Waals surface area contributed by atoms with Crippen LogP contribution in [0.4, 0.5) is 10.7 Å². The number of aromatic nitrogens is 3. The molecular weight excluding hydrogens is 398 g/mol. The molecule has 0 radical (unpaired) electrons. The van der Waals surface area contributed by atoms with Gasteiger partial charge in [0, 0.05) is 44.4 Å². The first-order valence-corrected chi connectivity index (χ1v) is 10.9. The molecule has 4 heterocycles. The first-order chi connectivity index (χ1) is 14.8. The highest BCUT2D eigenvalue weighted by Crippen LogP contribution is 2.34. The average Bonchev–Trinajstić information content (AvgIpc) is 3.19. The molecule has 9 nitrogen and oxygen atoms in total. The number of hydrogen-bond donors (Lipinski definition) is 0. The zero-order valence-electron chi connectivity index (χ0n) is 18.8. The van der Waals surface area contributed by atoms with Gasteiger partial charge in [-0.05, 0) is 40.5 Å². The van der Waals surface area contributed by atoms with Crippen LogP contribution in [0.3, 0.4) is 0 Å². The maximum absolute atomic E-state index is 12.7. The van der Waals surface area contributed by atoms with Crippen LogP contribution in [0.2, 0.25) is 0 Å². The van der Waals surface area contributed by atoms with Gasteiger partial charge in [-0.15, -0.1) is 0 Å². The summed E-state index contributed by atoms with van der Waals surface area (Å²) >= 11 is 0. The Kier molecular flexibility index (Phi) is 6.13. The van der Waals surface area contributed by atoms with Crippen molar-refractivity contribution in [2.45, 2.75) is 52.1 Å². The van der Waals surface area contributed by atoms with E-state index >= 15 is 0 Å². The van der Waals surface area contributed by atoms with E-state index in [-0.39, 0.29) is 12.0 Å². The van der Waals surface area contributed by atoms with E-state index in [1.165, 1.54) is 0 Å². The fraction of sp³-hybridized carbons (Fsp3) is 0.636. The summed E-state index contributed by atoms with van der Waals surface area (Å²) in [6.07, 6.45) is 3.35. The van der Waals surface area contributed by atoms with E-state index in [9.17, 15) is 4.79 Å². The van der Waals surface area contributed by atoms with Crippen molar-refractivity contribution in [2.75, 3.05) is 44.3 Å². The van der Waals surface area contributed by atoms with Crippen LogP contribution >= 0.6 is 0 Å². The SMILES string of the molecule is Cc1cc(-c2cnc(N3CCOCC3)nc2[C@@H]2CCCN(C(=O)OC(C)(C)C)C2)on1. The monoisotopic (exact) mass is 429 g/mol. The number of carbonyl (C=O) groups excluding carboxylic acids is 1. The predicted octanol–water partition coefficient (Wildman–Crippen LogP) is 3.39. The summed E-state index contributed by atoms with van der Waals surface area (Å²) in [7, 11) is 0. The number of nitrogens with zero attached hydrogens (tertiary/aromatic N) is 5. The molecule has 0 aliphatic carbocycles. The molecule has 0 saturated carbocycles. The van der Waals surface area contributed by atoms with Crippen LogP contribution in [-0.4, -0.2) is 71.1 Å². The highest BCUT2D eigenvalue weighted by Gasteiger charge is 2.31. The Hall–Kier alpha value is -2.68. The van der Waals surface area contributed by atoms with Crippen molar-refractivity contribution in [3.63, 3.8) is 0 Å². The first-order valence-electron chi connectivity index (χ1n) is 10.9. The molecule has 0 aromatic carbocycles. The second kappa shape index (κ2) is 8.82. The molecule has 168 valence electrons. The quantitative estimate of drug-likeness (QED) is 0.733. The van der Waals surface area contributed by atoms with Crippen molar-refractivity contribution in [1.29, 1.82) is 0 Å². The largest absolute Gasteiger partial charge is 0.444 e. The lowest BCUT2D eigenvalue weighted by atomic mass is 9.91. The molecule has 1 atom stereocenters. The third-order valence-corrected chi connectivity index (χ3v) is 5.45. The zero-order valence-corrected chi connectivity index (χ0v) is 18.8.